The van der Waals surface area contributed by atoms with E-state index in [-0.39, 0.29) is 12.0 Å². The zero-order valence-corrected chi connectivity index (χ0v) is 11.2. The molecule has 0 radical (unpaired) electrons. The van der Waals surface area contributed by atoms with Crippen molar-refractivity contribution in [2.45, 2.75) is 32.6 Å². The van der Waals surface area contributed by atoms with Crippen LogP contribution in [0.3, 0.4) is 0 Å². The predicted octanol–water partition coefficient (Wildman–Crippen LogP) is 3.36. The van der Waals surface area contributed by atoms with Crippen molar-refractivity contribution in [2.24, 2.45) is 5.41 Å². The SMILES string of the molecule is COc1cc(C)c(Cl)cc1CC1(CO)CCC1. The maximum absolute atomic E-state index is 9.51. The first-order chi connectivity index (χ1) is 8.10. The number of halogens is 1. The Morgan fingerprint density at radius 3 is 2.59 bits per heavy atom. The zero-order chi connectivity index (χ0) is 12.5. The molecule has 1 aromatic rings. The summed E-state index contributed by atoms with van der Waals surface area (Å²) in [5, 5.41) is 10.3. The van der Waals surface area contributed by atoms with Gasteiger partial charge in [-0.25, -0.2) is 0 Å². The van der Waals surface area contributed by atoms with Gasteiger partial charge in [-0.2, -0.15) is 0 Å². The number of methoxy groups -OCH3 is 1. The average Bonchev–Trinajstić information content (AvgIpc) is 2.27. The van der Waals surface area contributed by atoms with Crippen LogP contribution in [0.1, 0.15) is 30.4 Å². The molecule has 94 valence electrons. The average molecular weight is 255 g/mol. The summed E-state index contributed by atoms with van der Waals surface area (Å²) in [7, 11) is 1.68. The normalized spacial score (nSPS) is 17.6. The quantitative estimate of drug-likeness (QED) is 0.893. The number of aliphatic hydroxyl groups is 1. The smallest absolute Gasteiger partial charge is 0.122 e. The first kappa shape index (κ1) is 12.7. The Hall–Kier alpha value is -0.730. The van der Waals surface area contributed by atoms with Crippen LogP contribution in [-0.4, -0.2) is 18.8 Å². The van der Waals surface area contributed by atoms with Crippen LogP contribution >= 0.6 is 11.6 Å². The summed E-state index contributed by atoms with van der Waals surface area (Å²) in [6.07, 6.45) is 4.26. The molecule has 0 spiro atoms. The van der Waals surface area contributed by atoms with Crippen molar-refractivity contribution in [2.75, 3.05) is 13.7 Å². The van der Waals surface area contributed by atoms with Gasteiger partial charge in [-0.15, -0.1) is 0 Å². The van der Waals surface area contributed by atoms with Gasteiger partial charge in [0, 0.05) is 11.6 Å². The fourth-order valence-corrected chi connectivity index (χ4v) is 2.68. The van der Waals surface area contributed by atoms with E-state index in [2.05, 4.69) is 0 Å². The summed E-state index contributed by atoms with van der Waals surface area (Å²) < 4.78 is 5.40. The van der Waals surface area contributed by atoms with Gasteiger partial charge in [0.25, 0.3) is 0 Å². The lowest BCUT2D eigenvalue weighted by Crippen LogP contribution is -2.35. The van der Waals surface area contributed by atoms with E-state index < -0.39 is 0 Å². The lowest BCUT2D eigenvalue weighted by atomic mass is 9.66. The van der Waals surface area contributed by atoms with Gasteiger partial charge in [0.05, 0.1) is 7.11 Å². The summed E-state index contributed by atoms with van der Waals surface area (Å²) >= 11 is 6.16. The molecule has 1 aliphatic carbocycles. The van der Waals surface area contributed by atoms with Crippen LogP contribution in [0, 0.1) is 12.3 Å². The van der Waals surface area contributed by atoms with Crippen molar-refractivity contribution in [3.05, 3.63) is 28.3 Å². The number of rotatable bonds is 4. The molecule has 0 unspecified atom stereocenters. The van der Waals surface area contributed by atoms with Crippen LogP contribution in [0.25, 0.3) is 0 Å². The van der Waals surface area contributed by atoms with Crippen molar-refractivity contribution in [1.29, 1.82) is 0 Å². The third kappa shape index (κ3) is 2.43. The van der Waals surface area contributed by atoms with E-state index in [9.17, 15) is 5.11 Å². The van der Waals surface area contributed by atoms with E-state index >= 15 is 0 Å². The highest BCUT2D eigenvalue weighted by Crippen LogP contribution is 2.45. The molecule has 0 aliphatic heterocycles. The molecular weight excluding hydrogens is 236 g/mol. The third-order valence-electron chi connectivity index (χ3n) is 3.88. The molecule has 1 aliphatic rings. The van der Waals surface area contributed by atoms with Crippen molar-refractivity contribution < 1.29 is 9.84 Å². The van der Waals surface area contributed by atoms with Crippen molar-refractivity contribution in [1.82, 2.24) is 0 Å². The molecule has 0 amide bonds. The van der Waals surface area contributed by atoms with Crippen LogP contribution in [-0.2, 0) is 6.42 Å². The fourth-order valence-electron chi connectivity index (χ4n) is 2.50. The minimum Gasteiger partial charge on any atom is -0.496 e. The van der Waals surface area contributed by atoms with Crippen molar-refractivity contribution in [3.8, 4) is 5.75 Å². The minimum atomic E-state index is 0.0614. The van der Waals surface area contributed by atoms with Crippen LogP contribution in [0.2, 0.25) is 5.02 Å². The zero-order valence-electron chi connectivity index (χ0n) is 10.4. The number of aryl methyl sites for hydroxylation is 1. The predicted molar refractivity (Wildman–Crippen MR) is 69.8 cm³/mol. The second kappa shape index (κ2) is 4.87. The summed E-state index contributed by atoms with van der Waals surface area (Å²) in [4.78, 5) is 0. The number of ether oxygens (including phenoxy) is 1. The molecule has 3 heteroatoms. The summed E-state index contributed by atoms with van der Waals surface area (Å²) in [6, 6.07) is 3.95. The van der Waals surface area contributed by atoms with E-state index in [1.54, 1.807) is 7.11 Å². The molecule has 2 nitrogen and oxygen atoms in total. The van der Waals surface area contributed by atoms with Gasteiger partial charge in [0.2, 0.25) is 0 Å². The van der Waals surface area contributed by atoms with Gasteiger partial charge in [-0.1, -0.05) is 18.0 Å². The lowest BCUT2D eigenvalue weighted by Gasteiger charge is -2.40. The summed E-state index contributed by atoms with van der Waals surface area (Å²) in [6.45, 7) is 2.22. The highest BCUT2D eigenvalue weighted by atomic mass is 35.5. The largest absolute Gasteiger partial charge is 0.496 e. The molecule has 1 aromatic carbocycles. The maximum Gasteiger partial charge on any atom is 0.122 e. The van der Waals surface area contributed by atoms with Crippen LogP contribution < -0.4 is 4.74 Å². The second-order valence-corrected chi connectivity index (χ2v) is 5.51. The van der Waals surface area contributed by atoms with E-state index in [0.717, 1.165) is 41.2 Å². The topological polar surface area (TPSA) is 29.5 Å². The highest BCUT2D eigenvalue weighted by Gasteiger charge is 2.37. The first-order valence-corrected chi connectivity index (χ1v) is 6.42. The van der Waals surface area contributed by atoms with Crippen LogP contribution in [0.15, 0.2) is 12.1 Å². The Labute approximate surface area is 108 Å². The monoisotopic (exact) mass is 254 g/mol. The van der Waals surface area contributed by atoms with E-state index in [1.807, 2.05) is 19.1 Å². The van der Waals surface area contributed by atoms with Gasteiger partial charge in [0.15, 0.2) is 0 Å². The standard InChI is InChI=1S/C14H19ClO2/c1-10-6-13(17-2)11(7-12(10)15)8-14(9-16)4-3-5-14/h6-7,16H,3-5,8-9H2,1-2H3. The molecular formula is C14H19ClO2. The lowest BCUT2D eigenvalue weighted by molar-refractivity contribution is 0.0445. The minimum absolute atomic E-state index is 0.0614. The number of benzene rings is 1. The Morgan fingerprint density at radius 1 is 1.41 bits per heavy atom. The summed E-state index contributed by atoms with van der Waals surface area (Å²) in [5.41, 5.74) is 2.20. The first-order valence-electron chi connectivity index (χ1n) is 6.04. The number of aliphatic hydroxyl groups excluding tert-OH is 1. The molecule has 1 N–H and O–H groups in total. The molecule has 0 aromatic heterocycles. The maximum atomic E-state index is 9.51. The van der Waals surface area contributed by atoms with Gasteiger partial charge in [-0.05, 0) is 54.9 Å². The molecule has 0 saturated heterocycles. The highest BCUT2D eigenvalue weighted by molar-refractivity contribution is 6.31. The summed E-state index contributed by atoms with van der Waals surface area (Å²) in [5.74, 6) is 0.881. The molecule has 1 saturated carbocycles. The molecule has 0 atom stereocenters. The van der Waals surface area contributed by atoms with Gasteiger partial charge >= 0.3 is 0 Å². The number of hydrogen-bond donors (Lipinski definition) is 1. The fraction of sp³-hybridized carbons (Fsp3) is 0.571. The van der Waals surface area contributed by atoms with Crippen molar-refractivity contribution >= 4 is 11.6 Å². The molecule has 0 bridgehead atoms. The van der Waals surface area contributed by atoms with Gasteiger partial charge in [0.1, 0.15) is 5.75 Å². The second-order valence-electron chi connectivity index (χ2n) is 5.10. The Balaban J connectivity index is 2.28. The molecule has 0 heterocycles. The van der Waals surface area contributed by atoms with E-state index in [0.29, 0.717) is 0 Å². The Bertz CT molecular complexity index is 405. The van der Waals surface area contributed by atoms with Gasteiger partial charge in [-0.3, -0.25) is 0 Å². The van der Waals surface area contributed by atoms with Gasteiger partial charge < -0.3 is 9.84 Å². The molecule has 1 fully saturated rings. The van der Waals surface area contributed by atoms with Crippen molar-refractivity contribution in [3.63, 3.8) is 0 Å². The van der Waals surface area contributed by atoms with Crippen LogP contribution in [0.4, 0.5) is 0 Å². The van der Waals surface area contributed by atoms with Crippen LogP contribution in [0.5, 0.6) is 5.75 Å². The molecule has 17 heavy (non-hydrogen) atoms. The Morgan fingerprint density at radius 2 is 2.12 bits per heavy atom. The third-order valence-corrected chi connectivity index (χ3v) is 4.28. The van der Waals surface area contributed by atoms with E-state index in [1.165, 1.54) is 6.42 Å². The molecule has 2 rings (SSSR count). The Kier molecular flexibility index (Phi) is 3.64. The number of hydrogen-bond acceptors (Lipinski definition) is 2. The van der Waals surface area contributed by atoms with E-state index in [4.69, 9.17) is 16.3 Å².